The van der Waals surface area contributed by atoms with Crippen LogP contribution in [0.4, 0.5) is 0 Å². The third-order valence-electron chi connectivity index (χ3n) is 4.60. The van der Waals surface area contributed by atoms with Gasteiger partial charge in [0.05, 0.1) is 12.1 Å². The molecule has 25 heavy (non-hydrogen) atoms. The first-order chi connectivity index (χ1) is 12.0. The van der Waals surface area contributed by atoms with E-state index in [9.17, 15) is 9.59 Å². The Morgan fingerprint density at radius 1 is 1.32 bits per heavy atom. The monoisotopic (exact) mass is 361 g/mol. The van der Waals surface area contributed by atoms with E-state index in [1.165, 1.54) is 18.7 Å². The fraction of sp³-hybridized carbons (Fsp3) is 0.400. The van der Waals surface area contributed by atoms with Crippen LogP contribution >= 0.6 is 11.6 Å². The van der Waals surface area contributed by atoms with Gasteiger partial charge in [-0.2, -0.15) is 0 Å². The molecule has 0 saturated heterocycles. The number of halogens is 1. The summed E-state index contributed by atoms with van der Waals surface area (Å²) in [6.07, 6.45) is 5.61. The molecule has 2 rings (SSSR count). The van der Waals surface area contributed by atoms with Crippen LogP contribution in [0.2, 0.25) is 0 Å². The first kappa shape index (κ1) is 19.3. The van der Waals surface area contributed by atoms with Crippen LogP contribution in [-0.2, 0) is 20.7 Å². The highest BCUT2D eigenvalue weighted by Crippen LogP contribution is 2.34. The molecule has 1 amide bonds. The van der Waals surface area contributed by atoms with E-state index in [0.717, 1.165) is 30.4 Å². The molecule has 4 nitrogen and oxygen atoms in total. The molecular weight excluding hydrogens is 338 g/mol. The second kappa shape index (κ2) is 8.86. The summed E-state index contributed by atoms with van der Waals surface area (Å²) in [6.45, 7) is 3.87. The maximum Gasteiger partial charge on any atom is 0.328 e. The van der Waals surface area contributed by atoms with E-state index in [2.05, 4.69) is 11.4 Å². The third-order valence-corrected chi connectivity index (χ3v) is 5.05. The molecule has 1 aromatic carbocycles. The van der Waals surface area contributed by atoms with Gasteiger partial charge in [0, 0.05) is 6.08 Å². The number of ether oxygens (including phenoxy) is 1. The molecule has 1 aromatic rings. The quantitative estimate of drug-likeness (QED) is 0.618. The van der Waals surface area contributed by atoms with Crippen molar-refractivity contribution in [1.82, 2.24) is 5.32 Å². The topological polar surface area (TPSA) is 55.4 Å². The molecule has 0 radical (unpaired) electrons. The average Bonchev–Trinajstić information content (AvgIpc) is 2.64. The molecule has 0 aliphatic heterocycles. The summed E-state index contributed by atoms with van der Waals surface area (Å²) >= 11 is 6.47. The van der Waals surface area contributed by atoms with Gasteiger partial charge in [0.25, 0.3) is 0 Å². The van der Waals surface area contributed by atoms with Crippen LogP contribution in [0.1, 0.15) is 37.8 Å². The van der Waals surface area contributed by atoms with Crippen LogP contribution in [0, 0.1) is 5.92 Å². The van der Waals surface area contributed by atoms with E-state index in [1.54, 1.807) is 6.08 Å². The number of aryl methyl sites for hydroxylation is 1. The molecular formula is C20H24ClNO3. The number of benzene rings is 1. The van der Waals surface area contributed by atoms with E-state index in [0.29, 0.717) is 5.03 Å². The lowest BCUT2D eigenvalue weighted by Gasteiger charge is -2.21. The molecule has 0 aromatic heterocycles. The van der Waals surface area contributed by atoms with Crippen LogP contribution in [-0.4, -0.2) is 25.0 Å². The number of carbonyl (C=O) groups is 2. The van der Waals surface area contributed by atoms with Crippen molar-refractivity contribution in [3.05, 3.63) is 53.1 Å². The van der Waals surface area contributed by atoms with Crippen molar-refractivity contribution in [3.63, 3.8) is 0 Å². The third kappa shape index (κ3) is 4.73. The minimum Gasteiger partial charge on any atom is -0.467 e. The summed E-state index contributed by atoms with van der Waals surface area (Å²) in [7, 11) is 1.32. The van der Waals surface area contributed by atoms with Gasteiger partial charge >= 0.3 is 5.97 Å². The van der Waals surface area contributed by atoms with Crippen LogP contribution in [0.5, 0.6) is 0 Å². The van der Waals surface area contributed by atoms with Crippen molar-refractivity contribution in [2.24, 2.45) is 5.92 Å². The van der Waals surface area contributed by atoms with Gasteiger partial charge in [-0.3, -0.25) is 4.79 Å². The van der Waals surface area contributed by atoms with E-state index in [4.69, 9.17) is 16.3 Å². The largest absolute Gasteiger partial charge is 0.467 e. The highest BCUT2D eigenvalue weighted by atomic mass is 35.5. The Kier molecular flexibility index (Phi) is 6.82. The van der Waals surface area contributed by atoms with Crippen LogP contribution in [0.3, 0.4) is 0 Å². The second-order valence-corrected chi connectivity index (χ2v) is 6.60. The van der Waals surface area contributed by atoms with Crippen molar-refractivity contribution in [3.8, 4) is 0 Å². The predicted octanol–water partition coefficient (Wildman–Crippen LogP) is 3.84. The Labute approximate surface area is 153 Å². The minimum absolute atomic E-state index is 0.00541. The number of hydrogen-bond acceptors (Lipinski definition) is 3. The van der Waals surface area contributed by atoms with E-state index >= 15 is 0 Å². The summed E-state index contributed by atoms with van der Waals surface area (Å²) in [5, 5.41) is 3.40. The van der Waals surface area contributed by atoms with Gasteiger partial charge in [-0.05, 0) is 35.5 Å². The van der Waals surface area contributed by atoms with Crippen molar-refractivity contribution in [1.29, 1.82) is 0 Å². The Balaban J connectivity index is 2.11. The smallest absolute Gasteiger partial charge is 0.328 e. The lowest BCUT2D eigenvalue weighted by Crippen LogP contribution is -2.45. The molecule has 0 fully saturated rings. The number of amides is 1. The molecule has 1 aliphatic rings. The number of fused-ring (bicyclic) bond motifs is 1. The number of hydrogen-bond donors (Lipinski definition) is 1. The zero-order valence-corrected chi connectivity index (χ0v) is 15.6. The van der Waals surface area contributed by atoms with Crippen molar-refractivity contribution in [2.45, 2.75) is 39.2 Å². The summed E-state index contributed by atoms with van der Waals surface area (Å²) < 4.78 is 4.78. The molecule has 0 bridgehead atoms. The van der Waals surface area contributed by atoms with E-state index in [1.807, 2.05) is 32.0 Å². The van der Waals surface area contributed by atoms with Crippen LogP contribution in [0.15, 0.2) is 42.0 Å². The highest BCUT2D eigenvalue weighted by Gasteiger charge is 2.26. The normalized spacial score (nSPS) is 16.3. The van der Waals surface area contributed by atoms with Crippen LogP contribution in [0.25, 0.3) is 5.03 Å². The number of allylic oxidation sites excluding steroid dienone is 2. The lowest BCUT2D eigenvalue weighted by molar-refractivity contribution is -0.146. The van der Waals surface area contributed by atoms with Gasteiger partial charge in [-0.15, -0.1) is 0 Å². The number of rotatable bonds is 6. The zero-order chi connectivity index (χ0) is 18.4. The van der Waals surface area contributed by atoms with Crippen molar-refractivity contribution < 1.29 is 14.3 Å². The molecule has 2 atom stereocenters. The number of methoxy groups -OCH3 is 1. The molecule has 0 saturated carbocycles. The fourth-order valence-electron chi connectivity index (χ4n) is 2.83. The van der Waals surface area contributed by atoms with Crippen LogP contribution < -0.4 is 5.32 Å². The maximum atomic E-state index is 12.2. The Morgan fingerprint density at radius 3 is 2.72 bits per heavy atom. The van der Waals surface area contributed by atoms with E-state index < -0.39 is 12.0 Å². The molecule has 1 aliphatic carbocycles. The van der Waals surface area contributed by atoms with Crippen molar-refractivity contribution in [2.75, 3.05) is 7.11 Å². The summed E-state index contributed by atoms with van der Waals surface area (Å²) in [5.74, 6) is -0.763. The number of esters is 1. The van der Waals surface area contributed by atoms with Gasteiger partial charge in [0.1, 0.15) is 6.04 Å². The maximum absolute atomic E-state index is 12.2. The van der Waals surface area contributed by atoms with Gasteiger partial charge < -0.3 is 10.1 Å². The second-order valence-electron chi connectivity index (χ2n) is 6.22. The average molecular weight is 362 g/mol. The first-order valence-corrected chi connectivity index (χ1v) is 8.89. The summed E-state index contributed by atoms with van der Waals surface area (Å²) in [6, 6.07) is 7.36. The summed E-state index contributed by atoms with van der Waals surface area (Å²) in [4.78, 5) is 24.1. The van der Waals surface area contributed by atoms with Gasteiger partial charge in [0.15, 0.2) is 0 Å². The van der Waals surface area contributed by atoms with Gasteiger partial charge in [-0.25, -0.2) is 4.79 Å². The SMILES string of the molecule is CC[C@@H](C)[C@H](NC(=O)/C=C/C1=C(Cl)c2ccccc2CC1)C(=O)OC. The number of nitrogens with one attached hydrogen (secondary N) is 1. The Morgan fingerprint density at radius 2 is 2.04 bits per heavy atom. The van der Waals surface area contributed by atoms with E-state index in [-0.39, 0.29) is 11.8 Å². The predicted molar refractivity (Wildman–Crippen MR) is 100 cm³/mol. The molecule has 0 spiro atoms. The number of carbonyl (C=O) groups excluding carboxylic acids is 2. The standard InChI is InChI=1S/C20H24ClNO3/c1-4-13(2)19(20(24)25-3)22-17(23)12-11-15-10-9-14-7-5-6-8-16(14)18(15)21/h5-8,11-13,19H,4,9-10H2,1-3H3,(H,22,23)/b12-11+/t13-,19+/m1/s1. The van der Waals surface area contributed by atoms with Gasteiger partial charge in [-0.1, -0.05) is 62.2 Å². The minimum atomic E-state index is -0.649. The van der Waals surface area contributed by atoms with Crippen molar-refractivity contribution >= 4 is 28.5 Å². The lowest BCUT2D eigenvalue weighted by atomic mass is 9.92. The molecule has 0 heterocycles. The molecule has 5 heteroatoms. The summed E-state index contributed by atoms with van der Waals surface area (Å²) in [5.41, 5.74) is 3.16. The first-order valence-electron chi connectivity index (χ1n) is 8.51. The fourth-order valence-corrected chi connectivity index (χ4v) is 3.18. The highest BCUT2D eigenvalue weighted by molar-refractivity contribution is 6.49. The Bertz CT molecular complexity index is 709. The molecule has 1 N–H and O–H groups in total. The zero-order valence-electron chi connectivity index (χ0n) is 14.8. The molecule has 134 valence electrons. The Hall–Kier alpha value is -2.07. The van der Waals surface area contributed by atoms with Gasteiger partial charge in [0.2, 0.25) is 5.91 Å². The molecule has 0 unspecified atom stereocenters.